The molecule has 2 rings (SSSR count). The van der Waals surface area contributed by atoms with Gasteiger partial charge in [-0.3, -0.25) is 4.79 Å². The summed E-state index contributed by atoms with van der Waals surface area (Å²) < 4.78 is 5.39. The van der Waals surface area contributed by atoms with Crippen molar-refractivity contribution in [3.8, 4) is 0 Å². The molecule has 0 spiro atoms. The fourth-order valence-electron chi connectivity index (χ4n) is 3.12. The lowest BCUT2D eigenvalue weighted by Crippen LogP contribution is -2.45. The van der Waals surface area contributed by atoms with Crippen LogP contribution >= 0.6 is 0 Å². The fraction of sp³-hybridized carbons (Fsp3) is 0.450. The first-order valence-electron chi connectivity index (χ1n) is 8.65. The molecule has 0 amide bonds. The number of carbonyl (C=O) groups excluding carboxylic acids is 1. The van der Waals surface area contributed by atoms with Crippen molar-refractivity contribution in [2.45, 2.75) is 46.4 Å². The number of rotatable bonds is 7. The van der Waals surface area contributed by atoms with E-state index < -0.39 is 0 Å². The van der Waals surface area contributed by atoms with Gasteiger partial charge in [-0.15, -0.1) is 0 Å². The Balaban J connectivity index is 2.46. The molecular formula is C20H29N3O2. The molecule has 1 heterocycles. The van der Waals surface area contributed by atoms with Gasteiger partial charge in [-0.05, 0) is 62.6 Å². The second-order valence-corrected chi connectivity index (χ2v) is 6.49. The minimum Gasteiger partial charge on any atom is -0.383 e. The van der Waals surface area contributed by atoms with Crippen molar-refractivity contribution in [2.75, 3.05) is 23.9 Å². The van der Waals surface area contributed by atoms with Crippen LogP contribution in [0.15, 0.2) is 41.5 Å². The molecule has 0 bridgehead atoms. The van der Waals surface area contributed by atoms with Gasteiger partial charge in [-0.25, -0.2) is 0 Å². The third kappa shape index (κ3) is 4.11. The number of nitrogens with zero attached hydrogens (tertiary/aromatic N) is 1. The Labute approximate surface area is 150 Å². The molecule has 5 nitrogen and oxygen atoms in total. The van der Waals surface area contributed by atoms with Crippen LogP contribution in [0.4, 0.5) is 11.4 Å². The number of hydrogen-bond donors (Lipinski definition) is 2. The molecule has 0 saturated carbocycles. The largest absolute Gasteiger partial charge is 0.383 e. The summed E-state index contributed by atoms with van der Waals surface area (Å²) in [6, 6.07) is 6.40. The van der Waals surface area contributed by atoms with Crippen molar-refractivity contribution in [1.29, 1.82) is 0 Å². The molecule has 0 radical (unpaired) electrons. The molecule has 136 valence electrons. The predicted octanol–water partition coefficient (Wildman–Crippen LogP) is 3.22. The summed E-state index contributed by atoms with van der Waals surface area (Å²) in [7, 11) is 1.71. The highest BCUT2D eigenvalue weighted by molar-refractivity contribution is 5.93. The molecule has 2 atom stereocenters. The summed E-state index contributed by atoms with van der Waals surface area (Å²) in [6.45, 7) is 8.69. The Morgan fingerprint density at radius 3 is 2.72 bits per heavy atom. The number of Topliss-reactive ketones (excluding diaryl/α,β-unsaturated/α-hetero) is 1. The minimum atomic E-state index is -0.0486. The summed E-state index contributed by atoms with van der Waals surface area (Å²) in [6.07, 6.45) is 3.96. The highest BCUT2D eigenvalue weighted by Gasteiger charge is 2.33. The Kier molecular flexibility index (Phi) is 6.39. The second-order valence-electron chi connectivity index (χ2n) is 6.49. The molecule has 5 heteroatoms. The minimum absolute atomic E-state index is 0.0486. The van der Waals surface area contributed by atoms with Crippen LogP contribution in [0.25, 0.3) is 0 Å². The van der Waals surface area contributed by atoms with Crippen molar-refractivity contribution in [2.24, 2.45) is 5.73 Å². The summed E-state index contributed by atoms with van der Waals surface area (Å²) in [5.74, 6) is 0.0803. The van der Waals surface area contributed by atoms with E-state index in [1.165, 1.54) is 0 Å². The van der Waals surface area contributed by atoms with Gasteiger partial charge in [0.05, 0.1) is 24.0 Å². The number of carbonyl (C=O) groups is 1. The smallest absolute Gasteiger partial charge is 0.155 e. The number of ketones is 1. The van der Waals surface area contributed by atoms with E-state index in [9.17, 15) is 4.79 Å². The molecule has 0 aromatic heterocycles. The van der Waals surface area contributed by atoms with Crippen LogP contribution in [-0.2, 0) is 16.1 Å². The number of ether oxygens (including phenoxy) is 1. The van der Waals surface area contributed by atoms with E-state index in [1.807, 2.05) is 32.1 Å². The van der Waals surface area contributed by atoms with E-state index in [4.69, 9.17) is 10.5 Å². The molecule has 0 fully saturated rings. The van der Waals surface area contributed by atoms with Crippen LogP contribution in [0.3, 0.4) is 0 Å². The second kappa shape index (κ2) is 8.32. The maximum absolute atomic E-state index is 11.7. The zero-order valence-electron chi connectivity index (χ0n) is 15.8. The average molecular weight is 343 g/mol. The number of hydrogen-bond acceptors (Lipinski definition) is 5. The molecule has 1 aromatic carbocycles. The van der Waals surface area contributed by atoms with Crippen LogP contribution < -0.4 is 16.0 Å². The van der Waals surface area contributed by atoms with Gasteiger partial charge in [0, 0.05) is 13.7 Å². The van der Waals surface area contributed by atoms with Crippen LogP contribution in [0.2, 0.25) is 0 Å². The van der Waals surface area contributed by atoms with Gasteiger partial charge in [0.1, 0.15) is 6.17 Å². The Bertz CT molecular complexity index is 694. The van der Waals surface area contributed by atoms with Crippen LogP contribution in [-0.4, -0.2) is 31.7 Å². The van der Waals surface area contributed by atoms with Crippen LogP contribution in [0.5, 0.6) is 0 Å². The lowest BCUT2D eigenvalue weighted by atomic mass is 10.1. The van der Waals surface area contributed by atoms with Crippen molar-refractivity contribution >= 4 is 17.2 Å². The van der Waals surface area contributed by atoms with E-state index in [2.05, 4.69) is 29.3 Å². The van der Waals surface area contributed by atoms with Gasteiger partial charge in [0.25, 0.3) is 0 Å². The van der Waals surface area contributed by atoms with E-state index in [0.29, 0.717) is 13.2 Å². The van der Waals surface area contributed by atoms with Crippen LogP contribution in [0.1, 0.15) is 33.3 Å². The van der Waals surface area contributed by atoms with Crippen LogP contribution in [0, 0.1) is 0 Å². The number of allylic oxidation sites excluding steroid dienone is 2. The van der Waals surface area contributed by atoms with Gasteiger partial charge >= 0.3 is 0 Å². The number of methoxy groups -OCH3 is 1. The molecule has 1 aliphatic heterocycles. The monoisotopic (exact) mass is 343 g/mol. The Morgan fingerprint density at radius 2 is 2.16 bits per heavy atom. The van der Waals surface area contributed by atoms with E-state index >= 15 is 0 Å². The zero-order valence-corrected chi connectivity index (χ0v) is 15.8. The first-order valence-corrected chi connectivity index (χ1v) is 8.65. The number of anilines is 2. The summed E-state index contributed by atoms with van der Waals surface area (Å²) in [5.41, 5.74) is 10.9. The van der Waals surface area contributed by atoms with Gasteiger partial charge in [0.2, 0.25) is 0 Å². The average Bonchev–Trinajstić information content (AvgIpc) is 2.97. The number of nitrogens with two attached hydrogens (primary N) is 1. The number of fused-ring (bicyclic) bond motifs is 1. The quantitative estimate of drug-likeness (QED) is 0.588. The van der Waals surface area contributed by atoms with Gasteiger partial charge < -0.3 is 20.7 Å². The van der Waals surface area contributed by atoms with Crippen molar-refractivity contribution in [1.82, 2.24) is 0 Å². The normalized spacial score (nSPS) is 18.8. The molecule has 1 aromatic rings. The van der Waals surface area contributed by atoms with Crippen molar-refractivity contribution in [3.05, 3.63) is 47.1 Å². The Morgan fingerprint density at radius 1 is 1.44 bits per heavy atom. The third-order valence-corrected chi connectivity index (χ3v) is 4.62. The standard InChI is InChI=1S/C20H29N3O2/c1-6-17(9-13(2)15(4)24)20-22-18-8-7-16(11-21)10-19(18)23(20)14(3)12-25-5/h6-10,14,20,22H,11-12,21H2,1-5H3/b13-9-,17-6+. The van der Waals surface area contributed by atoms with Gasteiger partial charge in [-0.2, -0.15) is 0 Å². The molecule has 25 heavy (non-hydrogen) atoms. The van der Waals surface area contributed by atoms with Gasteiger partial charge in [0.15, 0.2) is 5.78 Å². The van der Waals surface area contributed by atoms with Gasteiger partial charge in [-0.1, -0.05) is 12.1 Å². The lowest BCUT2D eigenvalue weighted by molar-refractivity contribution is -0.113. The highest BCUT2D eigenvalue weighted by Crippen LogP contribution is 2.39. The highest BCUT2D eigenvalue weighted by atomic mass is 16.5. The first kappa shape index (κ1) is 19.2. The summed E-state index contributed by atoms with van der Waals surface area (Å²) in [4.78, 5) is 14.0. The van der Waals surface area contributed by atoms with E-state index in [1.54, 1.807) is 14.0 Å². The first-order chi connectivity index (χ1) is 11.9. The SMILES string of the molecule is C/C=C(\C=C(\C)C(C)=O)C1Nc2ccc(CN)cc2N1C(C)COC. The molecule has 2 unspecified atom stereocenters. The molecule has 0 saturated heterocycles. The van der Waals surface area contributed by atoms with Crippen molar-refractivity contribution in [3.63, 3.8) is 0 Å². The van der Waals surface area contributed by atoms with E-state index in [-0.39, 0.29) is 18.0 Å². The number of benzene rings is 1. The zero-order chi connectivity index (χ0) is 18.6. The third-order valence-electron chi connectivity index (χ3n) is 4.62. The molecule has 0 aliphatic carbocycles. The lowest BCUT2D eigenvalue weighted by Gasteiger charge is -2.33. The Hall–Kier alpha value is -2.11. The molecule has 1 aliphatic rings. The topological polar surface area (TPSA) is 67.6 Å². The fourth-order valence-corrected chi connectivity index (χ4v) is 3.12. The van der Waals surface area contributed by atoms with Crippen molar-refractivity contribution < 1.29 is 9.53 Å². The molecular weight excluding hydrogens is 314 g/mol. The predicted molar refractivity (Wildman–Crippen MR) is 104 cm³/mol. The summed E-state index contributed by atoms with van der Waals surface area (Å²) >= 11 is 0. The number of nitrogens with one attached hydrogen (secondary N) is 1. The molecule has 3 N–H and O–H groups in total. The maximum Gasteiger partial charge on any atom is 0.155 e. The van der Waals surface area contributed by atoms with E-state index in [0.717, 1.165) is 28.1 Å². The maximum atomic E-state index is 11.7. The summed E-state index contributed by atoms with van der Waals surface area (Å²) in [5, 5.41) is 3.58.